The molecule has 0 atom stereocenters. The van der Waals surface area contributed by atoms with Crippen molar-refractivity contribution < 1.29 is 4.39 Å². The largest absolute Gasteiger partial charge is 0.301 e. The van der Waals surface area contributed by atoms with Gasteiger partial charge in [0.05, 0.1) is 6.17 Å². The smallest absolute Gasteiger partial charge is 0.100 e. The highest BCUT2D eigenvalue weighted by Crippen LogP contribution is 2.41. The number of alkyl halides is 1. The van der Waals surface area contributed by atoms with E-state index in [4.69, 9.17) is 0 Å². The molecule has 3 fully saturated rings. The summed E-state index contributed by atoms with van der Waals surface area (Å²) in [7, 11) is 0. The molecule has 3 heteroatoms. The summed E-state index contributed by atoms with van der Waals surface area (Å²) in [6.45, 7) is 4.70. The van der Waals surface area contributed by atoms with E-state index < -0.39 is 6.17 Å². The lowest BCUT2D eigenvalue weighted by Gasteiger charge is -2.41. The van der Waals surface area contributed by atoms with Crippen LogP contribution in [-0.4, -0.2) is 25.4 Å². The van der Waals surface area contributed by atoms with Gasteiger partial charge in [0.2, 0.25) is 0 Å². The maximum atomic E-state index is 13.3. The lowest BCUT2D eigenvalue weighted by Crippen LogP contribution is -2.56. The van der Waals surface area contributed by atoms with E-state index in [2.05, 4.69) is 17.6 Å². The third kappa shape index (κ3) is 5.17. The monoisotopic (exact) mass is 338 g/mol. The molecule has 2 aliphatic carbocycles. The van der Waals surface area contributed by atoms with Crippen molar-refractivity contribution in [3.05, 3.63) is 0 Å². The third-order valence-electron chi connectivity index (χ3n) is 7.12. The standard InChI is InChI=1S/C21H39FN2/c1-2-3-4-5-16-14-23-21(24-15-16)19-8-6-17(7-9-19)18-10-12-20(22)13-11-18/h16-21,23-24H,2-15H2,1H3. The molecule has 1 saturated heterocycles. The zero-order valence-corrected chi connectivity index (χ0v) is 15.7. The van der Waals surface area contributed by atoms with Crippen LogP contribution in [0.25, 0.3) is 0 Å². The van der Waals surface area contributed by atoms with Gasteiger partial charge in [0.1, 0.15) is 6.17 Å². The minimum absolute atomic E-state index is 0.501. The molecule has 0 bridgehead atoms. The highest BCUT2D eigenvalue weighted by atomic mass is 19.1. The summed E-state index contributed by atoms with van der Waals surface area (Å²) in [6.07, 6.45) is 15.0. The predicted octanol–water partition coefficient (Wildman–Crippen LogP) is 5.04. The van der Waals surface area contributed by atoms with Crippen molar-refractivity contribution in [2.75, 3.05) is 13.1 Å². The van der Waals surface area contributed by atoms with Crippen LogP contribution < -0.4 is 10.6 Å². The average Bonchev–Trinajstić information content (AvgIpc) is 2.63. The fourth-order valence-corrected chi connectivity index (χ4v) is 5.45. The first-order valence-corrected chi connectivity index (χ1v) is 10.9. The van der Waals surface area contributed by atoms with E-state index in [0.29, 0.717) is 6.17 Å². The summed E-state index contributed by atoms with van der Waals surface area (Å²) in [5.41, 5.74) is 0. The highest BCUT2D eigenvalue weighted by molar-refractivity contribution is 4.88. The van der Waals surface area contributed by atoms with E-state index in [0.717, 1.165) is 49.4 Å². The minimum atomic E-state index is -0.501. The molecule has 0 aromatic rings. The van der Waals surface area contributed by atoms with Crippen molar-refractivity contribution >= 4 is 0 Å². The predicted molar refractivity (Wildman–Crippen MR) is 99.7 cm³/mol. The summed E-state index contributed by atoms with van der Waals surface area (Å²) in [4.78, 5) is 0. The molecule has 24 heavy (non-hydrogen) atoms. The Hall–Kier alpha value is -0.150. The Labute approximate surface area is 148 Å². The van der Waals surface area contributed by atoms with E-state index in [-0.39, 0.29) is 0 Å². The van der Waals surface area contributed by atoms with Crippen LogP contribution in [0.5, 0.6) is 0 Å². The number of halogens is 1. The molecule has 3 rings (SSSR count). The lowest BCUT2D eigenvalue weighted by atomic mass is 9.70. The molecule has 1 aliphatic heterocycles. The van der Waals surface area contributed by atoms with Crippen LogP contribution in [0.2, 0.25) is 0 Å². The summed E-state index contributed by atoms with van der Waals surface area (Å²) in [6, 6.07) is 0. The number of rotatable bonds is 6. The summed E-state index contributed by atoms with van der Waals surface area (Å²) in [5.74, 6) is 3.36. The first-order valence-electron chi connectivity index (χ1n) is 10.9. The molecule has 0 aromatic carbocycles. The fourth-order valence-electron chi connectivity index (χ4n) is 5.45. The molecule has 2 saturated carbocycles. The maximum Gasteiger partial charge on any atom is 0.100 e. The molecule has 0 spiro atoms. The Morgan fingerprint density at radius 3 is 1.88 bits per heavy atom. The van der Waals surface area contributed by atoms with E-state index in [1.807, 2.05) is 0 Å². The molecule has 0 aromatic heterocycles. The second-order valence-corrected chi connectivity index (χ2v) is 8.84. The Morgan fingerprint density at radius 1 is 0.750 bits per heavy atom. The van der Waals surface area contributed by atoms with Gasteiger partial charge in [-0.2, -0.15) is 0 Å². The molecule has 0 radical (unpaired) electrons. The first-order chi connectivity index (χ1) is 11.8. The normalized spacial score (nSPS) is 41.2. The molecular weight excluding hydrogens is 299 g/mol. The quantitative estimate of drug-likeness (QED) is 0.663. The van der Waals surface area contributed by atoms with E-state index in [9.17, 15) is 4.39 Å². The minimum Gasteiger partial charge on any atom is -0.301 e. The molecular formula is C21H39FN2. The third-order valence-corrected chi connectivity index (χ3v) is 7.12. The van der Waals surface area contributed by atoms with Crippen molar-refractivity contribution in [2.24, 2.45) is 23.7 Å². The van der Waals surface area contributed by atoms with Gasteiger partial charge in [-0.05, 0) is 81.5 Å². The highest BCUT2D eigenvalue weighted by Gasteiger charge is 2.34. The Kier molecular flexibility index (Phi) is 7.39. The molecule has 3 aliphatic rings. The molecule has 2 nitrogen and oxygen atoms in total. The van der Waals surface area contributed by atoms with Crippen LogP contribution in [0, 0.1) is 23.7 Å². The van der Waals surface area contributed by atoms with Crippen molar-refractivity contribution in [3.8, 4) is 0 Å². The van der Waals surface area contributed by atoms with Gasteiger partial charge >= 0.3 is 0 Å². The van der Waals surface area contributed by atoms with Gasteiger partial charge < -0.3 is 10.6 Å². The Morgan fingerprint density at radius 2 is 1.29 bits per heavy atom. The van der Waals surface area contributed by atoms with E-state index in [1.165, 1.54) is 64.5 Å². The van der Waals surface area contributed by atoms with Crippen molar-refractivity contribution in [1.82, 2.24) is 10.6 Å². The number of nitrogens with one attached hydrogen (secondary N) is 2. The summed E-state index contributed by atoms with van der Waals surface area (Å²) in [5, 5.41) is 7.61. The topological polar surface area (TPSA) is 24.1 Å². The number of hydrogen-bond donors (Lipinski definition) is 2. The van der Waals surface area contributed by atoms with Crippen LogP contribution in [0.1, 0.15) is 84.0 Å². The van der Waals surface area contributed by atoms with Gasteiger partial charge in [0, 0.05) is 13.1 Å². The van der Waals surface area contributed by atoms with Crippen LogP contribution in [-0.2, 0) is 0 Å². The molecule has 140 valence electrons. The van der Waals surface area contributed by atoms with Gasteiger partial charge in [0.25, 0.3) is 0 Å². The number of hydrogen-bond acceptors (Lipinski definition) is 2. The van der Waals surface area contributed by atoms with Gasteiger partial charge in [-0.15, -0.1) is 0 Å². The Bertz CT molecular complexity index is 338. The van der Waals surface area contributed by atoms with Gasteiger partial charge in [-0.1, -0.05) is 26.2 Å². The zero-order chi connectivity index (χ0) is 16.8. The van der Waals surface area contributed by atoms with Crippen molar-refractivity contribution in [3.63, 3.8) is 0 Å². The van der Waals surface area contributed by atoms with Crippen LogP contribution in [0.3, 0.4) is 0 Å². The average molecular weight is 339 g/mol. The van der Waals surface area contributed by atoms with Crippen molar-refractivity contribution in [2.45, 2.75) is 96.3 Å². The van der Waals surface area contributed by atoms with Gasteiger partial charge in [0.15, 0.2) is 0 Å². The number of unbranched alkanes of at least 4 members (excludes halogenated alkanes) is 2. The summed E-state index contributed by atoms with van der Waals surface area (Å²) >= 11 is 0. The zero-order valence-electron chi connectivity index (χ0n) is 15.7. The van der Waals surface area contributed by atoms with Gasteiger partial charge in [-0.25, -0.2) is 4.39 Å². The molecule has 1 heterocycles. The first kappa shape index (κ1) is 18.6. The van der Waals surface area contributed by atoms with Crippen molar-refractivity contribution in [1.29, 1.82) is 0 Å². The molecule has 0 amide bonds. The van der Waals surface area contributed by atoms with E-state index >= 15 is 0 Å². The Balaban J connectivity index is 1.34. The van der Waals surface area contributed by atoms with Crippen LogP contribution >= 0.6 is 0 Å². The fraction of sp³-hybridized carbons (Fsp3) is 1.00. The molecule has 0 unspecified atom stereocenters. The summed E-state index contributed by atoms with van der Waals surface area (Å²) < 4.78 is 13.3. The van der Waals surface area contributed by atoms with E-state index in [1.54, 1.807) is 0 Å². The van der Waals surface area contributed by atoms with Gasteiger partial charge in [-0.3, -0.25) is 0 Å². The second-order valence-electron chi connectivity index (χ2n) is 8.84. The maximum absolute atomic E-state index is 13.3. The molecule has 2 N–H and O–H groups in total. The second kappa shape index (κ2) is 9.52. The SMILES string of the molecule is CCCCCC1CNC(C2CCC(C3CCC(F)CC3)CC2)NC1. The van der Waals surface area contributed by atoms with Crippen LogP contribution in [0.15, 0.2) is 0 Å². The van der Waals surface area contributed by atoms with Crippen LogP contribution in [0.4, 0.5) is 4.39 Å². The lowest BCUT2D eigenvalue weighted by molar-refractivity contribution is 0.105.